The molecule has 0 saturated heterocycles. The molecule has 2 aliphatic rings. The van der Waals surface area contributed by atoms with Gasteiger partial charge in [0.1, 0.15) is 5.82 Å². The Morgan fingerprint density at radius 1 is 1.00 bits per heavy atom. The van der Waals surface area contributed by atoms with E-state index in [-0.39, 0.29) is 5.78 Å². The van der Waals surface area contributed by atoms with Crippen molar-refractivity contribution < 1.29 is 4.79 Å². The third-order valence-corrected chi connectivity index (χ3v) is 5.02. The van der Waals surface area contributed by atoms with Crippen molar-refractivity contribution in [3.8, 4) is 0 Å². The van der Waals surface area contributed by atoms with Gasteiger partial charge in [0.15, 0.2) is 5.78 Å². The molecule has 24 heavy (non-hydrogen) atoms. The molecule has 2 heterocycles. The molecule has 6 nitrogen and oxygen atoms in total. The van der Waals surface area contributed by atoms with E-state index in [9.17, 15) is 14.4 Å². The smallest absolute Gasteiger partial charge is 0.327 e. The number of ketones is 1. The van der Waals surface area contributed by atoms with Crippen LogP contribution in [-0.2, 0) is 4.79 Å². The highest BCUT2D eigenvalue weighted by molar-refractivity contribution is 9.10. The molecule has 0 amide bonds. The molecule has 0 saturated carbocycles. The van der Waals surface area contributed by atoms with Gasteiger partial charge in [-0.15, -0.1) is 0 Å². The second kappa shape index (κ2) is 5.59. The van der Waals surface area contributed by atoms with Crippen molar-refractivity contribution in [1.82, 2.24) is 9.97 Å². The zero-order valence-corrected chi connectivity index (χ0v) is 14.2. The predicted octanol–water partition coefficient (Wildman–Crippen LogP) is 2.39. The Morgan fingerprint density at radius 3 is 2.50 bits per heavy atom. The topological polar surface area (TPSA) is 94.8 Å². The van der Waals surface area contributed by atoms with Crippen molar-refractivity contribution in [2.75, 3.05) is 5.32 Å². The minimum atomic E-state index is -0.563. The number of fused-ring (bicyclic) bond motifs is 1. The summed E-state index contributed by atoms with van der Waals surface area (Å²) in [4.78, 5) is 41.6. The molecule has 0 fully saturated rings. The van der Waals surface area contributed by atoms with Crippen LogP contribution in [0, 0.1) is 0 Å². The van der Waals surface area contributed by atoms with Gasteiger partial charge in [-0.2, -0.15) is 0 Å². The normalized spacial score (nSPS) is 19.5. The summed E-state index contributed by atoms with van der Waals surface area (Å²) in [5.74, 6) is -0.0456. The van der Waals surface area contributed by atoms with Crippen LogP contribution >= 0.6 is 15.9 Å². The van der Waals surface area contributed by atoms with E-state index >= 15 is 0 Å². The van der Waals surface area contributed by atoms with Crippen LogP contribution in [0.2, 0.25) is 0 Å². The molecule has 0 bridgehead atoms. The Balaban J connectivity index is 2.01. The van der Waals surface area contributed by atoms with Gasteiger partial charge in [0.2, 0.25) is 0 Å². The van der Waals surface area contributed by atoms with E-state index in [1.807, 2.05) is 24.3 Å². The van der Waals surface area contributed by atoms with E-state index in [0.29, 0.717) is 23.4 Å². The number of halogens is 1. The lowest BCUT2D eigenvalue weighted by Gasteiger charge is -2.32. The fourth-order valence-electron chi connectivity index (χ4n) is 3.48. The van der Waals surface area contributed by atoms with E-state index in [4.69, 9.17) is 0 Å². The van der Waals surface area contributed by atoms with Gasteiger partial charge >= 0.3 is 5.69 Å². The number of nitrogens with one attached hydrogen (secondary N) is 3. The number of Topliss-reactive ketones (excluding diaryl/α,β-unsaturated/α-hetero) is 1. The van der Waals surface area contributed by atoms with Crippen molar-refractivity contribution in [2.24, 2.45) is 0 Å². The van der Waals surface area contributed by atoms with Crippen molar-refractivity contribution in [2.45, 2.75) is 25.2 Å². The number of aromatic amines is 2. The number of carbonyl (C=O) groups is 1. The van der Waals surface area contributed by atoms with Crippen molar-refractivity contribution >= 4 is 27.5 Å². The molecule has 3 N–H and O–H groups in total. The van der Waals surface area contributed by atoms with E-state index in [1.165, 1.54) is 0 Å². The third kappa shape index (κ3) is 2.36. The predicted molar refractivity (Wildman–Crippen MR) is 93.2 cm³/mol. The van der Waals surface area contributed by atoms with E-state index in [0.717, 1.165) is 28.6 Å². The zero-order valence-electron chi connectivity index (χ0n) is 12.6. The van der Waals surface area contributed by atoms with Crippen molar-refractivity contribution in [1.29, 1.82) is 0 Å². The Hall–Kier alpha value is -2.41. The molecule has 122 valence electrons. The summed E-state index contributed by atoms with van der Waals surface area (Å²) in [7, 11) is 0. The van der Waals surface area contributed by atoms with Gasteiger partial charge in [0.25, 0.3) is 5.56 Å². The zero-order chi connectivity index (χ0) is 16.8. The quantitative estimate of drug-likeness (QED) is 0.699. The van der Waals surface area contributed by atoms with Crippen LogP contribution in [0.5, 0.6) is 0 Å². The van der Waals surface area contributed by atoms with Crippen LogP contribution in [0.1, 0.15) is 36.3 Å². The SMILES string of the molecule is O=C1CCCC2=C1[C@H](c1ccc(Br)cc1)c1c([nH]c(=O)[nH]c1=O)N2. The average molecular weight is 388 g/mol. The number of rotatable bonds is 1. The summed E-state index contributed by atoms with van der Waals surface area (Å²) >= 11 is 3.40. The molecule has 1 atom stereocenters. The molecule has 2 aromatic rings. The Labute approximate surface area is 145 Å². The molecule has 1 aromatic carbocycles. The standard InChI is InChI=1S/C17H14BrN3O3/c18-9-6-4-8(5-7-9)12-13-10(2-1-3-11(13)22)19-15-14(12)16(23)21-17(24)20-15/h4-7,12H,1-3H2,(H3,19,20,21,23,24)/t12-/m0/s1. The summed E-state index contributed by atoms with van der Waals surface area (Å²) in [6, 6.07) is 7.54. The number of benzene rings is 1. The van der Waals surface area contributed by atoms with E-state index in [2.05, 4.69) is 31.2 Å². The summed E-state index contributed by atoms with van der Waals surface area (Å²) < 4.78 is 0.917. The lowest BCUT2D eigenvalue weighted by Crippen LogP contribution is -2.36. The highest BCUT2D eigenvalue weighted by atomic mass is 79.9. The summed E-state index contributed by atoms with van der Waals surface area (Å²) in [5, 5.41) is 3.10. The first-order valence-electron chi connectivity index (χ1n) is 7.70. The van der Waals surface area contributed by atoms with Gasteiger partial charge < -0.3 is 5.32 Å². The van der Waals surface area contributed by atoms with Crippen molar-refractivity contribution in [3.05, 3.63) is 72.0 Å². The van der Waals surface area contributed by atoms with Gasteiger partial charge in [-0.1, -0.05) is 28.1 Å². The fraction of sp³-hybridized carbons (Fsp3) is 0.235. The molecule has 4 rings (SSSR count). The fourth-order valence-corrected chi connectivity index (χ4v) is 3.75. The Bertz CT molecular complexity index is 985. The lowest BCUT2D eigenvalue weighted by atomic mass is 9.76. The maximum absolute atomic E-state index is 12.6. The molecule has 7 heteroatoms. The number of anilines is 1. The molecule has 1 aliphatic heterocycles. The van der Waals surface area contributed by atoms with E-state index < -0.39 is 17.2 Å². The number of hydrogen-bond donors (Lipinski definition) is 3. The Morgan fingerprint density at radius 2 is 1.75 bits per heavy atom. The first kappa shape index (κ1) is 15.1. The second-order valence-electron chi connectivity index (χ2n) is 5.98. The second-order valence-corrected chi connectivity index (χ2v) is 6.89. The molecular formula is C17H14BrN3O3. The minimum Gasteiger partial charge on any atom is -0.344 e. The molecular weight excluding hydrogens is 374 g/mol. The molecule has 0 spiro atoms. The molecule has 1 aromatic heterocycles. The van der Waals surface area contributed by atoms with Crippen LogP contribution in [0.4, 0.5) is 5.82 Å². The van der Waals surface area contributed by atoms with Gasteiger partial charge in [0, 0.05) is 28.1 Å². The monoisotopic (exact) mass is 387 g/mol. The van der Waals surface area contributed by atoms with Crippen molar-refractivity contribution in [3.63, 3.8) is 0 Å². The van der Waals surface area contributed by atoms with Crippen LogP contribution < -0.4 is 16.6 Å². The number of allylic oxidation sites excluding steroid dienone is 2. The van der Waals surface area contributed by atoms with Gasteiger partial charge in [-0.05, 0) is 30.5 Å². The largest absolute Gasteiger partial charge is 0.344 e. The van der Waals surface area contributed by atoms with Crippen LogP contribution in [0.3, 0.4) is 0 Å². The average Bonchev–Trinajstić information content (AvgIpc) is 2.54. The van der Waals surface area contributed by atoms with Gasteiger partial charge in [-0.3, -0.25) is 19.6 Å². The van der Waals surface area contributed by atoms with Crippen LogP contribution in [0.25, 0.3) is 0 Å². The molecule has 1 aliphatic carbocycles. The summed E-state index contributed by atoms with van der Waals surface area (Å²) in [6.07, 6.45) is 1.97. The number of hydrogen-bond acceptors (Lipinski definition) is 4. The third-order valence-electron chi connectivity index (χ3n) is 4.49. The molecule has 0 radical (unpaired) electrons. The Kier molecular flexibility index (Phi) is 3.53. The highest BCUT2D eigenvalue weighted by Gasteiger charge is 2.37. The number of carbonyl (C=O) groups excluding carboxylic acids is 1. The highest BCUT2D eigenvalue weighted by Crippen LogP contribution is 2.42. The van der Waals surface area contributed by atoms with Crippen LogP contribution in [-0.4, -0.2) is 15.8 Å². The van der Waals surface area contributed by atoms with Gasteiger partial charge in [0.05, 0.1) is 5.56 Å². The maximum atomic E-state index is 12.6. The first-order valence-corrected chi connectivity index (χ1v) is 8.49. The number of aromatic nitrogens is 2. The van der Waals surface area contributed by atoms with E-state index in [1.54, 1.807) is 0 Å². The summed E-state index contributed by atoms with van der Waals surface area (Å²) in [5.41, 5.74) is 1.62. The lowest BCUT2D eigenvalue weighted by molar-refractivity contribution is -0.116. The maximum Gasteiger partial charge on any atom is 0.327 e. The minimum absolute atomic E-state index is 0.0490. The number of H-pyrrole nitrogens is 2. The summed E-state index contributed by atoms with van der Waals surface area (Å²) in [6.45, 7) is 0. The van der Waals surface area contributed by atoms with Crippen LogP contribution in [0.15, 0.2) is 49.6 Å². The molecule has 0 unspecified atom stereocenters. The first-order chi connectivity index (χ1) is 11.5. The van der Waals surface area contributed by atoms with Gasteiger partial charge in [-0.25, -0.2) is 4.79 Å².